The summed E-state index contributed by atoms with van der Waals surface area (Å²) in [6.45, 7) is 2.83. The second-order valence-corrected chi connectivity index (χ2v) is 7.14. The summed E-state index contributed by atoms with van der Waals surface area (Å²) in [6.07, 6.45) is 3.86. The molecule has 0 saturated carbocycles. The number of nitrogens with zero attached hydrogens (tertiary/aromatic N) is 3. The number of imidazole rings is 1. The highest BCUT2D eigenvalue weighted by molar-refractivity contribution is 6.31. The van der Waals surface area contributed by atoms with E-state index < -0.39 is 5.82 Å². The van der Waals surface area contributed by atoms with Gasteiger partial charge in [-0.15, -0.1) is 0 Å². The normalized spacial score (nSPS) is 13.5. The molecule has 0 fully saturated rings. The van der Waals surface area contributed by atoms with Crippen LogP contribution in [0.15, 0.2) is 36.5 Å². The Balaban J connectivity index is 1.78. The Morgan fingerprint density at radius 1 is 1.23 bits per heavy atom. The first kappa shape index (κ1) is 15.6. The fourth-order valence-electron chi connectivity index (χ4n) is 3.80. The Hall–Kier alpha value is -2.66. The Morgan fingerprint density at radius 3 is 3.00 bits per heavy atom. The molecule has 0 atom stereocenters. The standard InChI is InChI=1S/C20H16ClFN4/c1-11-7-16(22)15(21)9-14(11)19-20(26-6-2-3-18(26)24-19)12-4-5-17-13(8-12)10-23-25-17/h4-5,7-10H,2-3,6H2,1H3,(H,23,25). The van der Waals surface area contributed by atoms with Crippen molar-refractivity contribution in [2.24, 2.45) is 0 Å². The number of nitrogens with one attached hydrogen (secondary N) is 1. The van der Waals surface area contributed by atoms with Crippen molar-refractivity contribution in [1.82, 2.24) is 19.7 Å². The maximum Gasteiger partial charge on any atom is 0.142 e. The SMILES string of the molecule is Cc1cc(F)c(Cl)cc1-c1nc2n(c1-c1ccc3[nH]ncc3c1)CCC2. The molecule has 1 N–H and O–H groups in total. The molecule has 1 aliphatic rings. The van der Waals surface area contributed by atoms with Gasteiger partial charge in [-0.3, -0.25) is 5.10 Å². The lowest BCUT2D eigenvalue weighted by Crippen LogP contribution is -1.97. The van der Waals surface area contributed by atoms with Gasteiger partial charge in [0.1, 0.15) is 11.6 Å². The predicted octanol–water partition coefficient (Wildman–Crippen LogP) is 5.14. The van der Waals surface area contributed by atoms with Gasteiger partial charge in [-0.05, 0) is 43.2 Å². The van der Waals surface area contributed by atoms with Crippen LogP contribution in [-0.4, -0.2) is 19.7 Å². The van der Waals surface area contributed by atoms with Gasteiger partial charge in [0.2, 0.25) is 0 Å². The number of aromatic amines is 1. The van der Waals surface area contributed by atoms with Crippen LogP contribution >= 0.6 is 11.6 Å². The zero-order valence-electron chi connectivity index (χ0n) is 14.2. The van der Waals surface area contributed by atoms with Crippen molar-refractivity contribution in [2.75, 3.05) is 0 Å². The molecule has 26 heavy (non-hydrogen) atoms. The number of H-pyrrole nitrogens is 1. The molecule has 130 valence electrons. The van der Waals surface area contributed by atoms with Crippen LogP contribution in [0.1, 0.15) is 17.8 Å². The summed E-state index contributed by atoms with van der Waals surface area (Å²) in [5.74, 6) is 0.670. The van der Waals surface area contributed by atoms with Crippen molar-refractivity contribution in [3.63, 3.8) is 0 Å². The first-order valence-corrected chi connectivity index (χ1v) is 8.98. The Morgan fingerprint density at radius 2 is 2.12 bits per heavy atom. The van der Waals surface area contributed by atoms with Gasteiger partial charge in [-0.25, -0.2) is 9.37 Å². The largest absolute Gasteiger partial charge is 0.327 e. The number of rotatable bonds is 2. The maximum absolute atomic E-state index is 13.8. The molecule has 4 aromatic rings. The van der Waals surface area contributed by atoms with Crippen LogP contribution in [0.2, 0.25) is 5.02 Å². The lowest BCUT2D eigenvalue weighted by atomic mass is 10.00. The fourth-order valence-corrected chi connectivity index (χ4v) is 3.96. The quantitative estimate of drug-likeness (QED) is 0.534. The van der Waals surface area contributed by atoms with E-state index in [0.29, 0.717) is 0 Å². The van der Waals surface area contributed by atoms with Crippen LogP contribution in [0, 0.1) is 12.7 Å². The van der Waals surface area contributed by atoms with E-state index in [0.717, 1.165) is 64.2 Å². The number of hydrogen-bond donors (Lipinski definition) is 1. The first-order valence-electron chi connectivity index (χ1n) is 8.61. The summed E-state index contributed by atoms with van der Waals surface area (Å²) in [7, 11) is 0. The van der Waals surface area contributed by atoms with E-state index in [2.05, 4.69) is 26.9 Å². The van der Waals surface area contributed by atoms with Gasteiger partial charge in [0, 0.05) is 29.5 Å². The summed E-state index contributed by atoms with van der Waals surface area (Å²) in [5, 5.41) is 8.26. The van der Waals surface area contributed by atoms with E-state index in [4.69, 9.17) is 16.6 Å². The lowest BCUT2D eigenvalue weighted by Gasteiger charge is -2.11. The second kappa shape index (κ2) is 5.68. The van der Waals surface area contributed by atoms with Gasteiger partial charge >= 0.3 is 0 Å². The van der Waals surface area contributed by atoms with Crippen molar-refractivity contribution in [3.05, 3.63) is 58.8 Å². The number of fused-ring (bicyclic) bond motifs is 2. The smallest absolute Gasteiger partial charge is 0.142 e. The third-order valence-corrected chi connectivity index (χ3v) is 5.35. The number of benzene rings is 2. The van der Waals surface area contributed by atoms with Gasteiger partial charge < -0.3 is 4.57 Å². The van der Waals surface area contributed by atoms with Crippen LogP contribution in [-0.2, 0) is 13.0 Å². The summed E-state index contributed by atoms with van der Waals surface area (Å²) in [4.78, 5) is 4.90. The minimum atomic E-state index is -0.402. The third-order valence-electron chi connectivity index (χ3n) is 5.06. The summed E-state index contributed by atoms with van der Waals surface area (Å²) >= 11 is 6.07. The molecular formula is C20H16ClFN4. The molecule has 2 aromatic carbocycles. The topological polar surface area (TPSA) is 46.5 Å². The van der Waals surface area contributed by atoms with Crippen molar-refractivity contribution in [2.45, 2.75) is 26.3 Å². The van der Waals surface area contributed by atoms with Crippen LogP contribution in [0.25, 0.3) is 33.4 Å². The van der Waals surface area contributed by atoms with Crippen LogP contribution in [0.3, 0.4) is 0 Å². The van der Waals surface area contributed by atoms with E-state index in [1.807, 2.05) is 19.2 Å². The highest BCUT2D eigenvalue weighted by Gasteiger charge is 2.24. The number of aryl methyl sites for hydroxylation is 2. The van der Waals surface area contributed by atoms with Crippen molar-refractivity contribution < 1.29 is 4.39 Å². The molecule has 0 aliphatic carbocycles. The molecule has 6 heteroatoms. The van der Waals surface area contributed by atoms with E-state index in [9.17, 15) is 4.39 Å². The highest BCUT2D eigenvalue weighted by Crippen LogP contribution is 2.39. The van der Waals surface area contributed by atoms with Gasteiger partial charge in [-0.2, -0.15) is 5.10 Å². The average molecular weight is 367 g/mol. The number of hydrogen-bond acceptors (Lipinski definition) is 2. The molecule has 0 unspecified atom stereocenters. The first-order chi connectivity index (χ1) is 12.6. The molecule has 5 rings (SSSR count). The number of halogens is 2. The predicted molar refractivity (Wildman–Crippen MR) is 101 cm³/mol. The molecule has 4 nitrogen and oxygen atoms in total. The Bertz CT molecular complexity index is 1160. The fraction of sp³-hybridized carbons (Fsp3) is 0.200. The third kappa shape index (κ3) is 2.27. The zero-order chi connectivity index (χ0) is 17.8. The zero-order valence-corrected chi connectivity index (χ0v) is 14.9. The van der Waals surface area contributed by atoms with Gasteiger partial charge in [-0.1, -0.05) is 17.7 Å². The molecule has 1 aliphatic heterocycles. The minimum absolute atomic E-state index is 0.120. The molecule has 0 bridgehead atoms. The van der Waals surface area contributed by atoms with E-state index >= 15 is 0 Å². The molecule has 0 amide bonds. The average Bonchev–Trinajstić information content (AvgIpc) is 3.32. The molecule has 0 saturated heterocycles. The summed E-state index contributed by atoms with van der Waals surface area (Å²) < 4.78 is 16.1. The molecule has 0 spiro atoms. The van der Waals surface area contributed by atoms with E-state index in [-0.39, 0.29) is 5.02 Å². The van der Waals surface area contributed by atoms with Gasteiger partial charge in [0.15, 0.2) is 0 Å². The summed E-state index contributed by atoms with van der Waals surface area (Å²) in [5.41, 5.74) is 5.70. The second-order valence-electron chi connectivity index (χ2n) is 6.73. The molecular weight excluding hydrogens is 351 g/mol. The van der Waals surface area contributed by atoms with Crippen LogP contribution in [0.5, 0.6) is 0 Å². The van der Waals surface area contributed by atoms with Crippen LogP contribution in [0.4, 0.5) is 4.39 Å². The maximum atomic E-state index is 13.8. The lowest BCUT2D eigenvalue weighted by molar-refractivity contribution is 0.627. The molecule has 2 aromatic heterocycles. The van der Waals surface area contributed by atoms with Crippen LogP contribution < -0.4 is 0 Å². The minimum Gasteiger partial charge on any atom is -0.327 e. The monoisotopic (exact) mass is 366 g/mol. The molecule has 3 heterocycles. The molecule has 0 radical (unpaired) electrons. The van der Waals surface area contributed by atoms with Gasteiger partial charge in [0.05, 0.1) is 28.1 Å². The summed E-state index contributed by atoms with van der Waals surface area (Å²) in [6, 6.07) is 9.38. The number of aromatic nitrogens is 4. The van der Waals surface area contributed by atoms with E-state index in [1.165, 1.54) is 6.07 Å². The van der Waals surface area contributed by atoms with Gasteiger partial charge in [0.25, 0.3) is 0 Å². The highest BCUT2D eigenvalue weighted by atomic mass is 35.5. The Labute approximate surface area is 154 Å². The van der Waals surface area contributed by atoms with Crippen molar-refractivity contribution in [3.8, 4) is 22.5 Å². The van der Waals surface area contributed by atoms with Crippen molar-refractivity contribution >= 4 is 22.5 Å². The van der Waals surface area contributed by atoms with E-state index in [1.54, 1.807) is 6.07 Å². The Kier molecular flexibility index (Phi) is 3.40. The van der Waals surface area contributed by atoms with Crippen molar-refractivity contribution in [1.29, 1.82) is 0 Å².